The van der Waals surface area contributed by atoms with Gasteiger partial charge in [0.1, 0.15) is 24.0 Å². The first-order valence-corrected chi connectivity index (χ1v) is 14.1. The second-order valence-corrected chi connectivity index (χ2v) is 14.4. The highest BCUT2D eigenvalue weighted by atomic mass is 28.3. The summed E-state index contributed by atoms with van der Waals surface area (Å²) in [5, 5.41) is 2.21. The van der Waals surface area contributed by atoms with Crippen molar-refractivity contribution in [1.82, 2.24) is 0 Å². The molecule has 0 fully saturated rings. The van der Waals surface area contributed by atoms with Crippen LogP contribution in [-0.4, -0.2) is 8.07 Å². The van der Waals surface area contributed by atoms with Gasteiger partial charge in [0.05, 0.1) is 19.1 Å². The van der Waals surface area contributed by atoms with E-state index in [2.05, 4.69) is 19.6 Å². The van der Waals surface area contributed by atoms with E-state index in [9.17, 15) is 5.76 Å². The Hall–Kier alpha value is -2.98. The Morgan fingerprint density at radius 3 is 2.53 bits per heavy atom. The highest BCUT2D eigenvalue weighted by Crippen LogP contribution is 2.39. The zero-order valence-corrected chi connectivity index (χ0v) is 20.0. The molecule has 0 bridgehead atoms. The van der Waals surface area contributed by atoms with Gasteiger partial charge in [0.25, 0.3) is 0 Å². The third-order valence-electron chi connectivity index (χ3n) is 6.17. The van der Waals surface area contributed by atoms with E-state index in [0.29, 0.717) is 54.8 Å². The summed E-state index contributed by atoms with van der Waals surface area (Å²) in [6.45, 7) is 7.13. The molecule has 5 rings (SSSR count). The van der Waals surface area contributed by atoms with Crippen LogP contribution in [0.3, 0.4) is 0 Å². The van der Waals surface area contributed by atoms with Crippen LogP contribution < -0.4 is 9.75 Å². The minimum absolute atomic E-state index is 0.0642. The maximum atomic E-state index is 14.1. The van der Waals surface area contributed by atoms with Crippen LogP contribution in [0.1, 0.15) is 26.3 Å². The SMILES string of the molecule is [2H]c1c([2H])c(C)c2c(c1[2H])c([Si](C)(C)C)c([2H])c(-c1c(C)c(C([2H])([2H])[2H])cc3c1oc1cc(F)ccc13)[n+]2C. The number of rotatable bonds is 2. The molecular weight excluding hydrogens is 413 g/mol. The molecule has 0 aliphatic heterocycles. The third kappa shape index (κ3) is 3.00. The Balaban J connectivity index is 2.12. The number of fused-ring (bicyclic) bond motifs is 4. The Bertz CT molecular complexity index is 1870. The molecule has 0 saturated carbocycles. The second kappa shape index (κ2) is 7.01. The number of nitrogens with zero attached hydrogens (tertiary/aromatic N) is 1. The molecule has 0 atom stereocenters. The van der Waals surface area contributed by atoms with Gasteiger partial charge in [0.2, 0.25) is 11.2 Å². The molecule has 0 spiro atoms. The molecule has 0 N–H and O–H groups in total. The molecule has 32 heavy (non-hydrogen) atoms. The molecule has 0 saturated heterocycles. The van der Waals surface area contributed by atoms with Gasteiger partial charge in [-0.3, -0.25) is 0 Å². The summed E-state index contributed by atoms with van der Waals surface area (Å²) >= 11 is 0. The number of aryl methyl sites for hydroxylation is 3. The molecular formula is C28H29FNOSi+. The van der Waals surface area contributed by atoms with Gasteiger partial charge in [-0.1, -0.05) is 31.7 Å². The number of aromatic nitrogens is 1. The van der Waals surface area contributed by atoms with E-state index >= 15 is 0 Å². The van der Waals surface area contributed by atoms with Gasteiger partial charge < -0.3 is 4.42 Å². The van der Waals surface area contributed by atoms with Crippen molar-refractivity contribution in [2.75, 3.05) is 0 Å². The van der Waals surface area contributed by atoms with Crippen LogP contribution in [-0.2, 0) is 7.05 Å². The minimum Gasteiger partial charge on any atom is -0.455 e. The van der Waals surface area contributed by atoms with Gasteiger partial charge >= 0.3 is 0 Å². The summed E-state index contributed by atoms with van der Waals surface area (Å²) in [7, 11) is -0.624. The van der Waals surface area contributed by atoms with Crippen molar-refractivity contribution < 1.29 is 23.0 Å². The maximum absolute atomic E-state index is 14.1. The van der Waals surface area contributed by atoms with Crippen LogP contribution in [0.5, 0.6) is 0 Å². The topological polar surface area (TPSA) is 17.0 Å². The predicted molar refractivity (Wildman–Crippen MR) is 135 cm³/mol. The molecule has 0 unspecified atom stereocenters. The number of para-hydroxylation sites is 1. The molecule has 162 valence electrons. The summed E-state index contributed by atoms with van der Waals surface area (Å²) in [6.07, 6.45) is 0. The molecule has 3 aromatic carbocycles. The van der Waals surface area contributed by atoms with Gasteiger partial charge in [0, 0.05) is 37.9 Å². The normalized spacial score (nSPS) is 15.9. The average Bonchev–Trinajstić information content (AvgIpc) is 3.17. The van der Waals surface area contributed by atoms with Crippen molar-refractivity contribution in [2.45, 2.75) is 40.3 Å². The molecule has 4 heteroatoms. The summed E-state index contributed by atoms with van der Waals surface area (Å²) < 4.78 is 82.1. The van der Waals surface area contributed by atoms with Gasteiger partial charge in [-0.05, 0) is 61.3 Å². The van der Waals surface area contributed by atoms with Crippen molar-refractivity contribution in [3.8, 4) is 11.3 Å². The monoisotopic (exact) mass is 449 g/mol. The van der Waals surface area contributed by atoms with E-state index in [0.717, 1.165) is 0 Å². The van der Waals surface area contributed by atoms with Crippen molar-refractivity contribution >= 4 is 46.1 Å². The first kappa shape index (κ1) is 14.2. The lowest BCUT2D eigenvalue weighted by molar-refractivity contribution is -0.633. The highest BCUT2D eigenvalue weighted by molar-refractivity contribution is 6.90. The van der Waals surface area contributed by atoms with Gasteiger partial charge in [0.15, 0.2) is 0 Å². The van der Waals surface area contributed by atoms with Gasteiger partial charge in [-0.15, -0.1) is 0 Å². The second-order valence-electron chi connectivity index (χ2n) is 9.42. The largest absolute Gasteiger partial charge is 0.455 e. The Morgan fingerprint density at radius 2 is 1.81 bits per heavy atom. The summed E-state index contributed by atoms with van der Waals surface area (Å²) in [5.41, 5.74) is 3.00. The van der Waals surface area contributed by atoms with E-state index in [1.54, 1.807) is 37.6 Å². The number of halogens is 1. The van der Waals surface area contributed by atoms with Crippen LogP contribution >= 0.6 is 0 Å². The maximum Gasteiger partial charge on any atom is 0.216 e. The lowest BCUT2D eigenvalue weighted by Crippen LogP contribution is -2.43. The lowest BCUT2D eigenvalue weighted by atomic mass is 9.95. The fraction of sp³-hybridized carbons (Fsp3) is 0.250. The minimum atomic E-state index is -2.46. The van der Waals surface area contributed by atoms with Crippen molar-refractivity contribution in [3.63, 3.8) is 0 Å². The molecule has 0 aliphatic carbocycles. The van der Waals surface area contributed by atoms with E-state index in [1.807, 2.05) is 0 Å². The fourth-order valence-corrected chi connectivity index (χ4v) is 5.95. The smallest absolute Gasteiger partial charge is 0.216 e. The number of furan rings is 1. The molecule has 0 aliphatic rings. The lowest BCUT2D eigenvalue weighted by Gasteiger charge is -2.21. The Morgan fingerprint density at radius 1 is 1.03 bits per heavy atom. The number of pyridine rings is 1. The Labute approximate surface area is 199 Å². The highest BCUT2D eigenvalue weighted by Gasteiger charge is 2.29. The van der Waals surface area contributed by atoms with Crippen LogP contribution in [0.15, 0.2) is 52.9 Å². The Kier molecular flexibility index (Phi) is 3.12. The van der Waals surface area contributed by atoms with E-state index in [-0.39, 0.29) is 35.3 Å². The number of hydrogen-bond donors (Lipinski definition) is 0. The molecule has 2 nitrogen and oxygen atoms in total. The van der Waals surface area contributed by atoms with Crippen LogP contribution in [0, 0.1) is 26.5 Å². The molecule has 2 heterocycles. The summed E-state index contributed by atoms with van der Waals surface area (Å²) in [6, 6.07) is 5.48. The van der Waals surface area contributed by atoms with E-state index in [4.69, 9.17) is 12.6 Å². The zero-order valence-electron chi connectivity index (χ0n) is 26.0. The van der Waals surface area contributed by atoms with Crippen molar-refractivity contribution in [1.29, 1.82) is 0 Å². The van der Waals surface area contributed by atoms with Crippen molar-refractivity contribution in [3.05, 3.63) is 70.9 Å². The molecule has 0 radical (unpaired) electrons. The number of benzene rings is 3. The van der Waals surface area contributed by atoms with Gasteiger partial charge in [-0.25, -0.2) is 4.39 Å². The quantitative estimate of drug-likeness (QED) is 0.213. The standard InChI is InChI=1S/C28H29FNOSi/c1-16-9-8-10-21-25(32(5,6)7)15-23(30(4)27(16)21)26-18(3)17(2)13-22-20-12-11-19(29)14-24(20)31-28(22)26/h8-15H,1-7H3/q+1/i2D3,8D,9D,10D,15D. The molecule has 2 aromatic heterocycles. The van der Waals surface area contributed by atoms with Gasteiger partial charge in [-0.2, -0.15) is 4.57 Å². The fourth-order valence-electron chi connectivity index (χ4n) is 4.52. The summed E-state index contributed by atoms with van der Waals surface area (Å²) in [5.74, 6) is -0.484. The van der Waals surface area contributed by atoms with Crippen molar-refractivity contribution in [2.24, 2.45) is 7.05 Å². The first-order valence-electron chi connectivity index (χ1n) is 14.1. The van der Waals surface area contributed by atoms with Crippen LogP contribution in [0.2, 0.25) is 19.6 Å². The zero-order chi connectivity index (χ0) is 28.9. The summed E-state index contributed by atoms with van der Waals surface area (Å²) in [4.78, 5) is 0. The van der Waals surface area contributed by atoms with Crippen LogP contribution in [0.25, 0.3) is 44.1 Å². The average molecular weight is 450 g/mol. The number of hydrogen-bond acceptors (Lipinski definition) is 1. The van der Waals surface area contributed by atoms with E-state index in [1.165, 1.54) is 12.1 Å². The third-order valence-corrected chi connectivity index (χ3v) is 8.04. The molecule has 5 aromatic rings. The predicted octanol–water partition coefficient (Wildman–Crippen LogP) is 6.84. The van der Waals surface area contributed by atoms with E-state index < -0.39 is 20.7 Å². The van der Waals surface area contributed by atoms with Crippen LogP contribution in [0.4, 0.5) is 4.39 Å². The molecule has 0 amide bonds. The first-order chi connectivity index (χ1) is 18.0.